The van der Waals surface area contributed by atoms with Gasteiger partial charge in [0.15, 0.2) is 6.61 Å². The monoisotopic (exact) mass is 311 g/mol. The van der Waals surface area contributed by atoms with Crippen LogP contribution in [0.4, 0.5) is 0 Å². The molecule has 2 rings (SSSR count). The van der Waals surface area contributed by atoms with Gasteiger partial charge in [-0.1, -0.05) is 60.7 Å². The minimum absolute atomic E-state index is 0.119. The fourth-order valence-corrected chi connectivity index (χ4v) is 2.22. The summed E-state index contributed by atoms with van der Waals surface area (Å²) in [6, 6.07) is 19.2. The van der Waals surface area contributed by atoms with Crippen LogP contribution >= 0.6 is 0 Å². The Morgan fingerprint density at radius 2 is 1.61 bits per heavy atom. The summed E-state index contributed by atoms with van der Waals surface area (Å²) in [6.07, 6.45) is 0.882. The highest BCUT2D eigenvalue weighted by atomic mass is 16.5. The number of aryl methyl sites for hydroxylation is 1. The van der Waals surface area contributed by atoms with Crippen molar-refractivity contribution in [3.8, 4) is 0 Å². The van der Waals surface area contributed by atoms with Gasteiger partial charge in [-0.05, 0) is 24.5 Å². The van der Waals surface area contributed by atoms with E-state index in [-0.39, 0.29) is 30.9 Å². The smallest absolute Gasteiger partial charge is 0.306 e. The van der Waals surface area contributed by atoms with Gasteiger partial charge < -0.3 is 10.1 Å². The number of amides is 1. The summed E-state index contributed by atoms with van der Waals surface area (Å²) in [5.41, 5.74) is 2.09. The number of rotatable bonds is 7. The molecule has 0 bridgehead atoms. The number of esters is 1. The Hall–Kier alpha value is -2.62. The Morgan fingerprint density at radius 3 is 2.26 bits per heavy atom. The molecule has 4 heteroatoms. The van der Waals surface area contributed by atoms with Crippen molar-refractivity contribution >= 4 is 11.9 Å². The zero-order valence-electron chi connectivity index (χ0n) is 13.2. The van der Waals surface area contributed by atoms with E-state index in [1.165, 1.54) is 0 Å². The van der Waals surface area contributed by atoms with Crippen LogP contribution in [0, 0.1) is 0 Å². The summed E-state index contributed by atoms with van der Waals surface area (Å²) in [7, 11) is 0. The topological polar surface area (TPSA) is 55.4 Å². The molecule has 0 heterocycles. The van der Waals surface area contributed by atoms with Crippen molar-refractivity contribution in [2.24, 2.45) is 0 Å². The largest absolute Gasteiger partial charge is 0.456 e. The molecule has 0 aromatic heterocycles. The van der Waals surface area contributed by atoms with Gasteiger partial charge in [-0.3, -0.25) is 9.59 Å². The third kappa shape index (κ3) is 5.94. The third-order valence-electron chi connectivity index (χ3n) is 3.50. The van der Waals surface area contributed by atoms with E-state index >= 15 is 0 Å². The summed E-state index contributed by atoms with van der Waals surface area (Å²) >= 11 is 0. The highest BCUT2D eigenvalue weighted by molar-refractivity contribution is 5.80. The van der Waals surface area contributed by atoms with Crippen LogP contribution in [0.1, 0.15) is 30.5 Å². The van der Waals surface area contributed by atoms with Crippen molar-refractivity contribution < 1.29 is 14.3 Å². The van der Waals surface area contributed by atoms with E-state index in [4.69, 9.17) is 4.74 Å². The predicted octanol–water partition coefficient (Wildman–Crippen LogP) is 3.04. The number of hydrogen-bond donors (Lipinski definition) is 1. The fourth-order valence-electron chi connectivity index (χ4n) is 2.22. The molecule has 23 heavy (non-hydrogen) atoms. The van der Waals surface area contributed by atoms with Gasteiger partial charge in [0, 0.05) is 6.42 Å². The number of ether oxygens (including phenoxy) is 1. The van der Waals surface area contributed by atoms with Gasteiger partial charge in [-0.15, -0.1) is 0 Å². The molecule has 2 aromatic rings. The minimum atomic E-state index is -0.364. The van der Waals surface area contributed by atoms with Gasteiger partial charge >= 0.3 is 5.97 Å². The number of hydrogen-bond acceptors (Lipinski definition) is 3. The Kier molecular flexibility index (Phi) is 6.36. The molecule has 4 nitrogen and oxygen atoms in total. The van der Waals surface area contributed by atoms with Crippen molar-refractivity contribution in [1.29, 1.82) is 0 Å². The van der Waals surface area contributed by atoms with Crippen LogP contribution in [0.3, 0.4) is 0 Å². The number of nitrogens with one attached hydrogen (secondary N) is 1. The first-order chi connectivity index (χ1) is 11.1. The van der Waals surface area contributed by atoms with Crippen molar-refractivity contribution in [2.45, 2.75) is 25.8 Å². The first kappa shape index (κ1) is 16.7. The molecular weight excluding hydrogens is 290 g/mol. The van der Waals surface area contributed by atoms with E-state index in [1.54, 1.807) is 0 Å². The molecule has 0 spiro atoms. The highest BCUT2D eigenvalue weighted by Gasteiger charge is 2.11. The molecule has 0 aliphatic rings. The summed E-state index contributed by atoms with van der Waals surface area (Å²) in [4.78, 5) is 23.5. The normalized spacial score (nSPS) is 11.5. The predicted molar refractivity (Wildman–Crippen MR) is 88.7 cm³/mol. The number of carbonyl (C=O) groups is 2. The zero-order valence-corrected chi connectivity index (χ0v) is 13.2. The average Bonchev–Trinajstić information content (AvgIpc) is 2.60. The molecule has 0 aliphatic carbocycles. The lowest BCUT2D eigenvalue weighted by Gasteiger charge is -2.14. The van der Waals surface area contributed by atoms with Gasteiger partial charge in [-0.25, -0.2) is 0 Å². The maximum Gasteiger partial charge on any atom is 0.306 e. The van der Waals surface area contributed by atoms with E-state index in [9.17, 15) is 9.59 Å². The maximum atomic E-state index is 11.8. The van der Waals surface area contributed by atoms with Gasteiger partial charge in [0.25, 0.3) is 5.91 Å². The number of carbonyl (C=O) groups excluding carboxylic acids is 2. The summed E-state index contributed by atoms with van der Waals surface area (Å²) in [5.74, 6) is -0.661. The van der Waals surface area contributed by atoms with Gasteiger partial charge in [0.2, 0.25) is 0 Å². The molecule has 1 N–H and O–H groups in total. The quantitative estimate of drug-likeness (QED) is 0.800. The van der Waals surface area contributed by atoms with Gasteiger partial charge in [0.1, 0.15) is 0 Å². The lowest BCUT2D eigenvalue weighted by Crippen LogP contribution is -2.31. The van der Waals surface area contributed by atoms with Crippen LogP contribution in [-0.2, 0) is 20.7 Å². The molecule has 0 radical (unpaired) electrons. The molecule has 1 amide bonds. The highest BCUT2D eigenvalue weighted by Crippen LogP contribution is 2.10. The standard InChI is InChI=1S/C19H21NO3/c1-15(17-10-6-3-7-11-17)20-18(21)14-23-19(22)13-12-16-8-4-2-5-9-16/h2-11,15H,12-14H2,1H3,(H,20,21)/t15-/m0/s1. The molecule has 2 aromatic carbocycles. The Labute approximate surface area is 136 Å². The van der Waals surface area contributed by atoms with Crippen molar-refractivity contribution in [3.63, 3.8) is 0 Å². The van der Waals surface area contributed by atoms with E-state index in [0.29, 0.717) is 6.42 Å². The molecule has 1 atom stereocenters. The molecule has 0 unspecified atom stereocenters. The second-order valence-corrected chi connectivity index (χ2v) is 5.35. The summed E-state index contributed by atoms with van der Waals surface area (Å²) in [6.45, 7) is 1.65. The lowest BCUT2D eigenvalue weighted by molar-refractivity contribution is -0.148. The second-order valence-electron chi connectivity index (χ2n) is 5.35. The molecule has 0 aliphatic heterocycles. The van der Waals surface area contributed by atoms with Crippen molar-refractivity contribution in [3.05, 3.63) is 71.8 Å². The Bertz CT molecular complexity index is 626. The van der Waals surface area contributed by atoms with Crippen LogP contribution in [0.2, 0.25) is 0 Å². The zero-order chi connectivity index (χ0) is 16.5. The molecule has 0 fully saturated rings. The summed E-state index contributed by atoms with van der Waals surface area (Å²) < 4.78 is 5.01. The fraction of sp³-hybridized carbons (Fsp3) is 0.263. The second kappa shape index (κ2) is 8.73. The van der Waals surface area contributed by atoms with Crippen molar-refractivity contribution in [2.75, 3.05) is 6.61 Å². The van der Waals surface area contributed by atoms with E-state index in [1.807, 2.05) is 67.6 Å². The SMILES string of the molecule is C[C@H](NC(=O)COC(=O)CCc1ccccc1)c1ccccc1. The Balaban J connectivity index is 1.68. The van der Waals surface area contributed by atoms with Crippen molar-refractivity contribution in [1.82, 2.24) is 5.32 Å². The average molecular weight is 311 g/mol. The van der Waals surface area contributed by atoms with E-state index in [0.717, 1.165) is 11.1 Å². The molecule has 120 valence electrons. The van der Waals surface area contributed by atoms with Crippen LogP contribution in [0.5, 0.6) is 0 Å². The van der Waals surface area contributed by atoms with E-state index < -0.39 is 0 Å². The van der Waals surface area contributed by atoms with E-state index in [2.05, 4.69) is 5.32 Å². The molecule has 0 saturated carbocycles. The first-order valence-electron chi connectivity index (χ1n) is 7.69. The molecular formula is C19H21NO3. The lowest BCUT2D eigenvalue weighted by atomic mass is 10.1. The third-order valence-corrected chi connectivity index (χ3v) is 3.50. The Morgan fingerprint density at radius 1 is 1.00 bits per heavy atom. The maximum absolute atomic E-state index is 11.8. The van der Waals surface area contributed by atoms with Crippen LogP contribution < -0.4 is 5.32 Å². The van der Waals surface area contributed by atoms with Gasteiger partial charge in [-0.2, -0.15) is 0 Å². The minimum Gasteiger partial charge on any atom is -0.456 e. The van der Waals surface area contributed by atoms with Crippen LogP contribution in [-0.4, -0.2) is 18.5 Å². The van der Waals surface area contributed by atoms with Crippen LogP contribution in [0.25, 0.3) is 0 Å². The first-order valence-corrected chi connectivity index (χ1v) is 7.69. The molecule has 0 saturated heterocycles. The number of benzene rings is 2. The summed E-state index contributed by atoms with van der Waals surface area (Å²) in [5, 5.41) is 2.81. The van der Waals surface area contributed by atoms with Gasteiger partial charge in [0.05, 0.1) is 6.04 Å². The van der Waals surface area contributed by atoms with Crippen LogP contribution in [0.15, 0.2) is 60.7 Å².